The fraction of sp³-hybridized carbons (Fsp3) is 0.385. The number of nitrogens with one attached hydrogen (secondary N) is 1. The van der Waals surface area contributed by atoms with E-state index in [0.29, 0.717) is 17.8 Å². The lowest BCUT2D eigenvalue weighted by Gasteiger charge is -2.39. The Balaban J connectivity index is 2.20. The number of carbonyl (C=O) groups excluding carboxylic acids is 1. The van der Waals surface area contributed by atoms with Crippen LogP contribution in [0.1, 0.15) is 24.8 Å². The molecule has 1 amide bonds. The lowest BCUT2D eigenvalue weighted by atomic mass is 9.68. The van der Waals surface area contributed by atoms with E-state index in [2.05, 4.69) is 27.3 Å². The van der Waals surface area contributed by atoms with Gasteiger partial charge in [0, 0.05) is 11.0 Å². The quantitative estimate of drug-likeness (QED) is 0.900. The summed E-state index contributed by atoms with van der Waals surface area (Å²) in [5.74, 6) is -0.0740. The predicted octanol–water partition coefficient (Wildman–Crippen LogP) is 2.39. The second-order valence-electron chi connectivity index (χ2n) is 4.59. The molecule has 1 aliphatic rings. The number of nitriles is 1. The standard InChI is InChI=1S/C13H14BrN3O/c14-10-2-3-11(9(6-10)7-15)17-12(18)13(8-16)4-1-5-13/h2-3,6H,1,4-5,8,16H2,(H,17,18). The van der Waals surface area contributed by atoms with Gasteiger partial charge in [0.25, 0.3) is 0 Å². The summed E-state index contributed by atoms with van der Waals surface area (Å²) in [5.41, 5.74) is 6.25. The number of amides is 1. The fourth-order valence-corrected chi connectivity index (χ4v) is 2.46. The molecule has 0 aromatic heterocycles. The van der Waals surface area contributed by atoms with E-state index in [-0.39, 0.29) is 5.91 Å². The lowest BCUT2D eigenvalue weighted by molar-refractivity contribution is -0.129. The van der Waals surface area contributed by atoms with E-state index in [1.807, 2.05) is 0 Å². The number of halogens is 1. The number of carbonyl (C=O) groups is 1. The highest BCUT2D eigenvalue weighted by atomic mass is 79.9. The molecule has 0 saturated heterocycles. The first-order valence-corrected chi connectivity index (χ1v) is 6.62. The summed E-state index contributed by atoms with van der Waals surface area (Å²) < 4.78 is 0.814. The van der Waals surface area contributed by atoms with E-state index in [1.165, 1.54) is 0 Å². The van der Waals surface area contributed by atoms with Crippen LogP contribution in [0.25, 0.3) is 0 Å². The molecule has 0 atom stereocenters. The van der Waals surface area contributed by atoms with Crippen LogP contribution in [0.15, 0.2) is 22.7 Å². The molecule has 5 heteroatoms. The monoisotopic (exact) mass is 307 g/mol. The molecule has 1 aromatic rings. The lowest BCUT2D eigenvalue weighted by Crippen LogP contribution is -2.47. The van der Waals surface area contributed by atoms with E-state index in [4.69, 9.17) is 11.0 Å². The molecule has 0 spiro atoms. The first-order chi connectivity index (χ1) is 8.61. The first kappa shape index (κ1) is 13.1. The van der Waals surface area contributed by atoms with Gasteiger partial charge in [0.05, 0.1) is 16.7 Å². The Labute approximate surface area is 114 Å². The number of anilines is 1. The first-order valence-electron chi connectivity index (χ1n) is 5.82. The van der Waals surface area contributed by atoms with E-state index in [0.717, 1.165) is 23.7 Å². The Kier molecular flexibility index (Phi) is 3.69. The molecule has 2 rings (SSSR count). The van der Waals surface area contributed by atoms with E-state index in [9.17, 15) is 4.79 Å². The average molecular weight is 308 g/mol. The highest BCUT2D eigenvalue weighted by Crippen LogP contribution is 2.41. The summed E-state index contributed by atoms with van der Waals surface area (Å²) in [7, 11) is 0. The maximum absolute atomic E-state index is 12.2. The summed E-state index contributed by atoms with van der Waals surface area (Å²) in [6, 6.07) is 7.28. The molecule has 1 aliphatic carbocycles. The molecule has 0 radical (unpaired) electrons. The summed E-state index contributed by atoms with van der Waals surface area (Å²) in [5, 5.41) is 11.9. The molecular formula is C13H14BrN3O. The molecule has 1 aromatic carbocycles. The van der Waals surface area contributed by atoms with Crippen LogP contribution >= 0.6 is 15.9 Å². The van der Waals surface area contributed by atoms with Crippen LogP contribution in [0, 0.1) is 16.7 Å². The Morgan fingerprint density at radius 2 is 2.28 bits per heavy atom. The number of benzene rings is 1. The van der Waals surface area contributed by atoms with Crippen LogP contribution in [0.2, 0.25) is 0 Å². The summed E-state index contributed by atoms with van der Waals surface area (Å²) in [4.78, 5) is 12.2. The molecule has 0 aliphatic heterocycles. The zero-order chi connectivity index (χ0) is 13.2. The minimum atomic E-state index is -0.431. The van der Waals surface area contributed by atoms with Gasteiger partial charge in [-0.05, 0) is 31.0 Å². The predicted molar refractivity (Wildman–Crippen MR) is 72.8 cm³/mol. The molecule has 0 heterocycles. The molecule has 3 N–H and O–H groups in total. The van der Waals surface area contributed by atoms with Crippen molar-refractivity contribution in [3.63, 3.8) is 0 Å². The highest BCUT2D eigenvalue weighted by Gasteiger charge is 2.42. The van der Waals surface area contributed by atoms with Gasteiger partial charge in [-0.3, -0.25) is 4.79 Å². The third kappa shape index (κ3) is 2.26. The Bertz CT molecular complexity index is 512. The van der Waals surface area contributed by atoms with Gasteiger partial charge in [-0.25, -0.2) is 0 Å². The number of nitrogens with zero attached hydrogens (tertiary/aromatic N) is 1. The van der Waals surface area contributed by atoms with Gasteiger partial charge < -0.3 is 11.1 Å². The third-order valence-electron chi connectivity index (χ3n) is 3.53. The number of hydrogen-bond donors (Lipinski definition) is 2. The van der Waals surface area contributed by atoms with Gasteiger partial charge in [-0.2, -0.15) is 5.26 Å². The fourth-order valence-electron chi connectivity index (χ4n) is 2.10. The van der Waals surface area contributed by atoms with Gasteiger partial charge >= 0.3 is 0 Å². The maximum Gasteiger partial charge on any atom is 0.231 e. The number of hydrogen-bond acceptors (Lipinski definition) is 3. The summed E-state index contributed by atoms with van der Waals surface area (Å²) in [6.45, 7) is 0.358. The normalized spacial score (nSPS) is 16.5. The zero-order valence-electron chi connectivity index (χ0n) is 9.87. The van der Waals surface area contributed by atoms with Gasteiger partial charge in [-0.1, -0.05) is 22.4 Å². The van der Waals surface area contributed by atoms with Crippen molar-refractivity contribution in [2.75, 3.05) is 11.9 Å². The van der Waals surface area contributed by atoms with Crippen LogP contribution in [-0.4, -0.2) is 12.5 Å². The highest BCUT2D eigenvalue weighted by molar-refractivity contribution is 9.10. The van der Waals surface area contributed by atoms with Crippen molar-refractivity contribution < 1.29 is 4.79 Å². The van der Waals surface area contributed by atoms with Gasteiger partial charge in [-0.15, -0.1) is 0 Å². The van der Waals surface area contributed by atoms with Crippen LogP contribution < -0.4 is 11.1 Å². The van der Waals surface area contributed by atoms with Crippen LogP contribution in [0.4, 0.5) is 5.69 Å². The molecule has 18 heavy (non-hydrogen) atoms. The van der Waals surface area contributed by atoms with Crippen LogP contribution in [-0.2, 0) is 4.79 Å². The SMILES string of the molecule is N#Cc1cc(Br)ccc1NC(=O)C1(CN)CCC1. The van der Waals surface area contributed by atoms with Crippen LogP contribution in [0.5, 0.6) is 0 Å². The van der Waals surface area contributed by atoms with Crippen molar-refractivity contribution >= 4 is 27.5 Å². The Morgan fingerprint density at radius 3 is 2.78 bits per heavy atom. The minimum Gasteiger partial charge on any atom is -0.329 e. The Hall–Kier alpha value is -1.38. The van der Waals surface area contributed by atoms with E-state index >= 15 is 0 Å². The molecule has 94 valence electrons. The zero-order valence-corrected chi connectivity index (χ0v) is 11.5. The molecule has 1 saturated carbocycles. The molecule has 0 bridgehead atoms. The second-order valence-corrected chi connectivity index (χ2v) is 5.51. The largest absolute Gasteiger partial charge is 0.329 e. The summed E-state index contributed by atoms with van der Waals surface area (Å²) >= 11 is 3.30. The van der Waals surface area contributed by atoms with Gasteiger partial charge in [0.2, 0.25) is 5.91 Å². The van der Waals surface area contributed by atoms with Crippen molar-refractivity contribution in [2.24, 2.45) is 11.1 Å². The smallest absolute Gasteiger partial charge is 0.231 e. The van der Waals surface area contributed by atoms with Gasteiger partial charge in [0.1, 0.15) is 6.07 Å². The minimum absolute atomic E-state index is 0.0740. The van der Waals surface area contributed by atoms with Crippen molar-refractivity contribution in [3.05, 3.63) is 28.2 Å². The molecule has 1 fully saturated rings. The van der Waals surface area contributed by atoms with Crippen molar-refractivity contribution in [1.29, 1.82) is 5.26 Å². The number of rotatable bonds is 3. The van der Waals surface area contributed by atoms with Crippen molar-refractivity contribution in [2.45, 2.75) is 19.3 Å². The Morgan fingerprint density at radius 1 is 1.56 bits per heavy atom. The van der Waals surface area contributed by atoms with Crippen LogP contribution in [0.3, 0.4) is 0 Å². The third-order valence-corrected chi connectivity index (χ3v) is 4.03. The second kappa shape index (κ2) is 5.09. The van der Waals surface area contributed by atoms with Crippen molar-refractivity contribution in [1.82, 2.24) is 0 Å². The molecule has 0 unspecified atom stereocenters. The van der Waals surface area contributed by atoms with E-state index < -0.39 is 5.41 Å². The molecule has 4 nitrogen and oxygen atoms in total. The van der Waals surface area contributed by atoms with E-state index in [1.54, 1.807) is 18.2 Å². The molecular weight excluding hydrogens is 294 g/mol. The summed E-state index contributed by atoms with van der Waals surface area (Å²) in [6.07, 6.45) is 2.69. The van der Waals surface area contributed by atoms with Crippen molar-refractivity contribution in [3.8, 4) is 6.07 Å². The number of nitrogens with two attached hydrogens (primary N) is 1. The van der Waals surface area contributed by atoms with Gasteiger partial charge in [0.15, 0.2) is 0 Å². The topological polar surface area (TPSA) is 78.9 Å². The average Bonchev–Trinajstić information content (AvgIpc) is 2.30. The maximum atomic E-state index is 12.2.